The van der Waals surface area contributed by atoms with Crippen LogP contribution in [0.25, 0.3) is 0 Å². The number of nitrogens with two attached hydrogens (primary N) is 1. The standard InChI is InChI=1S/C23H26N4O2/c1-3-26(4-2)12-13-27-15-25-23-21(22(27)24)20(16-8-6-5-7-9-16)18-11-10-17(28)14-19(18)29-23/h5-11,14-15,20,24,28H,3-4,12-13H2,1-2H3/p+2/t20-/m0/s1. The van der Waals surface area contributed by atoms with Crippen molar-refractivity contribution in [2.45, 2.75) is 26.3 Å². The van der Waals surface area contributed by atoms with E-state index in [9.17, 15) is 5.11 Å². The van der Waals surface area contributed by atoms with Crippen molar-refractivity contribution in [1.29, 1.82) is 0 Å². The molecule has 1 aromatic heterocycles. The van der Waals surface area contributed by atoms with E-state index in [2.05, 4.69) is 31.0 Å². The van der Waals surface area contributed by atoms with Crippen LogP contribution in [0, 0.1) is 0 Å². The number of aromatic nitrogens is 2. The summed E-state index contributed by atoms with van der Waals surface area (Å²) >= 11 is 0. The lowest BCUT2D eigenvalue weighted by molar-refractivity contribution is -0.915. The van der Waals surface area contributed by atoms with Crippen molar-refractivity contribution in [3.8, 4) is 17.4 Å². The van der Waals surface area contributed by atoms with Gasteiger partial charge in [-0.3, -0.25) is 0 Å². The Bertz CT molecular complexity index is 1000. The summed E-state index contributed by atoms with van der Waals surface area (Å²) in [5, 5.41) is 9.93. The molecule has 3 aromatic rings. The van der Waals surface area contributed by atoms with Crippen LogP contribution in [0.15, 0.2) is 54.9 Å². The van der Waals surface area contributed by atoms with Gasteiger partial charge >= 0.3 is 5.88 Å². The molecular formula is C23H28N4O2+2. The third-order valence-electron chi connectivity index (χ3n) is 5.77. The molecule has 1 aliphatic rings. The van der Waals surface area contributed by atoms with E-state index < -0.39 is 0 Å². The van der Waals surface area contributed by atoms with Crippen molar-refractivity contribution < 1.29 is 19.3 Å². The van der Waals surface area contributed by atoms with Crippen LogP contribution in [-0.4, -0.2) is 29.7 Å². The zero-order valence-electron chi connectivity index (χ0n) is 16.9. The summed E-state index contributed by atoms with van der Waals surface area (Å²) in [6, 6.07) is 15.5. The molecule has 0 spiro atoms. The van der Waals surface area contributed by atoms with Gasteiger partial charge < -0.3 is 20.5 Å². The molecule has 2 aromatic carbocycles. The van der Waals surface area contributed by atoms with Crippen molar-refractivity contribution in [2.24, 2.45) is 0 Å². The molecule has 2 heterocycles. The predicted molar refractivity (Wildman–Crippen MR) is 111 cm³/mol. The van der Waals surface area contributed by atoms with Crippen molar-refractivity contribution in [3.05, 3.63) is 71.5 Å². The van der Waals surface area contributed by atoms with E-state index in [4.69, 9.17) is 10.5 Å². The minimum Gasteiger partial charge on any atom is -0.508 e. The number of phenolic OH excluding ortho intramolecular Hbond substituents is 1. The molecule has 0 unspecified atom stereocenters. The molecule has 0 fully saturated rings. The van der Waals surface area contributed by atoms with Crippen molar-refractivity contribution in [2.75, 3.05) is 25.4 Å². The maximum absolute atomic E-state index is 9.93. The Morgan fingerprint density at radius 2 is 1.90 bits per heavy atom. The Kier molecular flexibility index (Phi) is 5.36. The molecule has 4 rings (SSSR count). The van der Waals surface area contributed by atoms with E-state index in [1.807, 2.05) is 28.8 Å². The number of anilines is 1. The second-order valence-electron chi connectivity index (χ2n) is 7.42. The molecule has 29 heavy (non-hydrogen) atoms. The average molecular weight is 393 g/mol. The maximum atomic E-state index is 9.93. The van der Waals surface area contributed by atoms with E-state index >= 15 is 0 Å². The number of rotatable bonds is 6. The topological polar surface area (TPSA) is 76.7 Å². The van der Waals surface area contributed by atoms with E-state index in [1.165, 1.54) is 4.90 Å². The van der Waals surface area contributed by atoms with E-state index in [0.717, 1.165) is 42.9 Å². The van der Waals surface area contributed by atoms with Crippen molar-refractivity contribution >= 4 is 5.82 Å². The summed E-state index contributed by atoms with van der Waals surface area (Å²) in [7, 11) is 0. The fraction of sp³-hybridized carbons (Fsp3) is 0.304. The summed E-state index contributed by atoms with van der Waals surface area (Å²) in [5.74, 6) is 1.86. The number of nitrogen functional groups attached to an aromatic ring is 1. The minimum absolute atomic E-state index is 0.101. The van der Waals surface area contributed by atoms with Crippen LogP contribution in [0.2, 0.25) is 0 Å². The largest absolute Gasteiger partial charge is 0.508 e. The van der Waals surface area contributed by atoms with Gasteiger partial charge in [0, 0.05) is 11.6 Å². The number of hydrogen-bond donors (Lipinski definition) is 3. The van der Waals surface area contributed by atoms with Gasteiger partial charge in [0.1, 0.15) is 30.2 Å². The first kappa shape index (κ1) is 19.2. The van der Waals surface area contributed by atoms with E-state index in [1.54, 1.807) is 18.5 Å². The van der Waals surface area contributed by atoms with Gasteiger partial charge in [0.15, 0.2) is 0 Å². The normalized spacial score (nSPS) is 14.9. The molecule has 6 heteroatoms. The average Bonchev–Trinajstić information content (AvgIpc) is 2.75. The van der Waals surface area contributed by atoms with E-state index in [0.29, 0.717) is 17.4 Å². The molecule has 0 saturated heterocycles. The molecular weight excluding hydrogens is 364 g/mol. The molecule has 1 atom stereocenters. The molecule has 6 nitrogen and oxygen atoms in total. The Hall–Kier alpha value is -3.12. The van der Waals surface area contributed by atoms with Gasteiger partial charge in [0.05, 0.1) is 19.0 Å². The molecule has 0 bridgehead atoms. The Morgan fingerprint density at radius 1 is 1.14 bits per heavy atom. The molecule has 150 valence electrons. The summed E-state index contributed by atoms with van der Waals surface area (Å²) in [5.41, 5.74) is 9.64. The second kappa shape index (κ2) is 8.09. The van der Waals surface area contributed by atoms with Crippen LogP contribution in [-0.2, 0) is 6.54 Å². The summed E-state index contributed by atoms with van der Waals surface area (Å²) in [6.07, 6.45) is 1.76. The monoisotopic (exact) mass is 392 g/mol. The van der Waals surface area contributed by atoms with Gasteiger partial charge in [0.2, 0.25) is 12.1 Å². The third kappa shape index (κ3) is 3.63. The number of ether oxygens (including phenoxy) is 1. The fourth-order valence-electron chi connectivity index (χ4n) is 4.03. The zero-order valence-corrected chi connectivity index (χ0v) is 16.9. The highest BCUT2D eigenvalue weighted by atomic mass is 16.5. The summed E-state index contributed by atoms with van der Waals surface area (Å²) in [4.78, 5) is 6.10. The van der Waals surface area contributed by atoms with Crippen LogP contribution >= 0.6 is 0 Å². The number of nitrogens with zero attached hydrogens (tertiary/aromatic N) is 2. The summed E-state index contributed by atoms with van der Waals surface area (Å²) in [6.45, 7) is 8.35. The van der Waals surface area contributed by atoms with Gasteiger partial charge in [-0.05, 0) is 25.5 Å². The number of benzene rings is 2. The first-order valence-corrected chi connectivity index (χ1v) is 10.2. The Morgan fingerprint density at radius 3 is 2.62 bits per heavy atom. The highest BCUT2D eigenvalue weighted by Crippen LogP contribution is 2.48. The van der Waals surface area contributed by atoms with Crippen LogP contribution in [0.1, 0.15) is 36.5 Å². The lowest BCUT2D eigenvalue weighted by atomic mass is 9.83. The van der Waals surface area contributed by atoms with Crippen molar-refractivity contribution in [1.82, 2.24) is 4.98 Å². The minimum atomic E-state index is -0.101. The smallest absolute Gasteiger partial charge is 0.306 e. The quantitative estimate of drug-likeness (QED) is 0.438. The SMILES string of the molecule is CC[NH+](CC)CC[n+]1cnc2c(c1N)[C@@H](c1ccccc1)c1ccc(O)cc1O2. The fourth-order valence-corrected chi connectivity index (χ4v) is 4.03. The second-order valence-corrected chi connectivity index (χ2v) is 7.42. The van der Waals surface area contributed by atoms with Crippen LogP contribution < -0.4 is 19.9 Å². The number of fused-ring (bicyclic) bond motifs is 2. The predicted octanol–water partition coefficient (Wildman–Crippen LogP) is 1.87. The van der Waals surface area contributed by atoms with Gasteiger partial charge in [0.25, 0.3) is 0 Å². The highest BCUT2D eigenvalue weighted by Gasteiger charge is 2.36. The molecule has 0 radical (unpaired) electrons. The van der Waals surface area contributed by atoms with Crippen LogP contribution in [0.3, 0.4) is 0 Å². The number of quaternary nitrogens is 1. The van der Waals surface area contributed by atoms with Gasteiger partial charge in [-0.15, -0.1) is 0 Å². The molecule has 0 aliphatic carbocycles. The van der Waals surface area contributed by atoms with Crippen molar-refractivity contribution in [3.63, 3.8) is 0 Å². The number of phenols is 1. The number of hydrogen-bond acceptors (Lipinski definition) is 4. The molecule has 1 aliphatic heterocycles. The van der Waals surface area contributed by atoms with Gasteiger partial charge in [-0.25, -0.2) is 4.57 Å². The van der Waals surface area contributed by atoms with Gasteiger partial charge in [-0.2, -0.15) is 0 Å². The number of aromatic hydroxyl groups is 1. The number of likely N-dealkylation sites (N-methyl/N-ethyl adjacent to an activating group) is 1. The molecule has 0 amide bonds. The zero-order chi connectivity index (χ0) is 20.4. The lowest BCUT2D eigenvalue weighted by Gasteiger charge is -2.27. The first-order valence-electron chi connectivity index (χ1n) is 10.2. The highest BCUT2D eigenvalue weighted by molar-refractivity contribution is 5.62. The van der Waals surface area contributed by atoms with E-state index in [-0.39, 0.29) is 11.7 Å². The van der Waals surface area contributed by atoms with Crippen LogP contribution in [0.4, 0.5) is 5.82 Å². The summed E-state index contributed by atoms with van der Waals surface area (Å²) < 4.78 is 8.07. The molecule has 0 saturated carbocycles. The lowest BCUT2D eigenvalue weighted by Crippen LogP contribution is -3.12. The third-order valence-corrected chi connectivity index (χ3v) is 5.77. The maximum Gasteiger partial charge on any atom is 0.306 e. The Balaban J connectivity index is 1.81. The number of nitrogens with one attached hydrogen (secondary N) is 1. The van der Waals surface area contributed by atoms with Gasteiger partial charge in [-0.1, -0.05) is 41.4 Å². The first-order chi connectivity index (χ1) is 14.1. The van der Waals surface area contributed by atoms with Crippen LogP contribution in [0.5, 0.6) is 17.4 Å². The molecule has 4 N–H and O–H groups in total. The Labute approximate surface area is 171 Å².